The van der Waals surface area contributed by atoms with Gasteiger partial charge in [0, 0.05) is 0 Å². The van der Waals surface area contributed by atoms with Gasteiger partial charge in [0.1, 0.15) is 5.75 Å². The monoisotopic (exact) mass is 215 g/mol. The Bertz CT molecular complexity index is 378. The highest BCUT2D eigenvalue weighted by Crippen LogP contribution is 2.46. The Kier molecular flexibility index (Phi) is 2.99. The van der Waals surface area contributed by atoms with Crippen molar-refractivity contribution >= 4 is 19.0 Å². The van der Waals surface area contributed by atoms with E-state index in [0.717, 1.165) is 0 Å². The average molecular weight is 215 g/mol. The van der Waals surface area contributed by atoms with Crippen LogP contribution in [0.25, 0.3) is 0 Å². The Balaban J connectivity index is 2.83. The van der Waals surface area contributed by atoms with E-state index >= 15 is 0 Å². The molecule has 1 aromatic carbocycles. The summed E-state index contributed by atoms with van der Waals surface area (Å²) in [6, 6.07) is 7.74. The van der Waals surface area contributed by atoms with E-state index in [9.17, 15) is 4.57 Å². The van der Waals surface area contributed by atoms with Gasteiger partial charge in [-0.05, 0) is 36.5 Å². The zero-order valence-electron chi connectivity index (χ0n) is 6.41. The van der Waals surface area contributed by atoms with E-state index in [4.69, 9.17) is 10.2 Å². The molecule has 0 aromatic heterocycles. The van der Waals surface area contributed by atoms with Crippen molar-refractivity contribution in [1.29, 1.82) is 5.26 Å². The minimum Gasteiger partial charge on any atom is -0.417 e. The van der Waals surface area contributed by atoms with E-state index in [2.05, 4.69) is 16.8 Å². The van der Waals surface area contributed by atoms with Crippen molar-refractivity contribution in [1.82, 2.24) is 0 Å². The van der Waals surface area contributed by atoms with Crippen molar-refractivity contribution in [3.8, 4) is 11.8 Å². The summed E-state index contributed by atoms with van der Waals surface area (Å²) >= 11 is 3.34. The zero-order valence-corrected chi connectivity index (χ0v) is 8.20. The normalized spacial score (nSPS) is 14.2. The quantitative estimate of drug-likeness (QED) is 0.584. The SMILES string of the molecule is N#Cc1ccc(OP(=O)(O)S)cc1. The average Bonchev–Trinajstić information content (AvgIpc) is 2.03. The van der Waals surface area contributed by atoms with Gasteiger partial charge in [-0.15, -0.1) is 0 Å². The standard InChI is InChI=1S/C7H6NO3PS/c8-5-6-1-3-7(4-2-6)11-12(9,10)13/h1-4H,(H2,9,10,13). The molecule has 4 nitrogen and oxygen atoms in total. The second kappa shape index (κ2) is 3.84. The summed E-state index contributed by atoms with van der Waals surface area (Å²) in [5.41, 5.74) is 0.458. The molecule has 13 heavy (non-hydrogen) atoms. The molecule has 0 spiro atoms. The van der Waals surface area contributed by atoms with Gasteiger partial charge in [-0.25, -0.2) is 4.57 Å². The molecule has 6 heteroatoms. The Hall–Kier alpha value is -0.950. The summed E-state index contributed by atoms with van der Waals surface area (Å²) in [6.07, 6.45) is 0. The number of nitrogens with zero attached hydrogens (tertiary/aromatic N) is 1. The van der Waals surface area contributed by atoms with Gasteiger partial charge in [-0.3, -0.25) is 0 Å². The molecule has 0 saturated heterocycles. The highest BCUT2D eigenvalue weighted by Gasteiger charge is 2.12. The van der Waals surface area contributed by atoms with Crippen LogP contribution in [0.2, 0.25) is 0 Å². The van der Waals surface area contributed by atoms with Crippen molar-refractivity contribution in [2.45, 2.75) is 0 Å². The first-order valence-corrected chi connectivity index (χ1v) is 5.99. The highest BCUT2D eigenvalue weighted by atomic mass is 32.7. The van der Waals surface area contributed by atoms with Crippen LogP contribution >= 0.6 is 19.0 Å². The molecule has 1 N–H and O–H groups in total. The van der Waals surface area contributed by atoms with Crippen LogP contribution in [0.15, 0.2) is 24.3 Å². The van der Waals surface area contributed by atoms with Gasteiger partial charge in [-0.1, -0.05) is 0 Å². The van der Waals surface area contributed by atoms with Crippen molar-refractivity contribution in [2.75, 3.05) is 0 Å². The number of nitriles is 1. The van der Waals surface area contributed by atoms with Gasteiger partial charge < -0.3 is 9.42 Å². The summed E-state index contributed by atoms with van der Waals surface area (Å²) in [7, 11) is 0. The molecule has 0 saturated carbocycles. The Morgan fingerprint density at radius 3 is 2.38 bits per heavy atom. The summed E-state index contributed by atoms with van der Waals surface area (Å²) < 4.78 is 15.2. The molecule has 0 aliphatic heterocycles. The number of benzene rings is 1. The first-order chi connectivity index (χ1) is 6.01. The van der Waals surface area contributed by atoms with Crippen LogP contribution in [0.4, 0.5) is 0 Å². The predicted molar refractivity (Wildman–Crippen MR) is 50.6 cm³/mol. The molecule has 0 fully saturated rings. The molecule has 68 valence electrons. The topological polar surface area (TPSA) is 70.3 Å². The van der Waals surface area contributed by atoms with Crippen molar-refractivity contribution in [3.63, 3.8) is 0 Å². The molecule has 0 amide bonds. The van der Waals surface area contributed by atoms with Gasteiger partial charge in [0.15, 0.2) is 0 Å². The molecular formula is C7H6NO3PS. The first kappa shape index (κ1) is 10.1. The maximum Gasteiger partial charge on any atom is 0.434 e. The summed E-state index contributed by atoms with van der Waals surface area (Å²) in [4.78, 5) is 8.73. The van der Waals surface area contributed by atoms with E-state index in [1.165, 1.54) is 24.3 Å². The summed E-state index contributed by atoms with van der Waals surface area (Å²) in [5.74, 6) is 0.208. The van der Waals surface area contributed by atoms with E-state index in [0.29, 0.717) is 5.56 Å². The van der Waals surface area contributed by atoms with Crippen LogP contribution in [0.1, 0.15) is 5.56 Å². The fraction of sp³-hybridized carbons (Fsp3) is 0. The second-order valence-corrected chi connectivity index (χ2v) is 4.90. The fourth-order valence-corrected chi connectivity index (χ4v) is 1.41. The molecule has 0 aliphatic carbocycles. The van der Waals surface area contributed by atoms with Gasteiger partial charge in [0.05, 0.1) is 11.6 Å². The highest BCUT2D eigenvalue weighted by molar-refractivity contribution is 8.44. The first-order valence-electron chi connectivity index (χ1n) is 3.26. The lowest BCUT2D eigenvalue weighted by Crippen LogP contribution is -1.85. The molecular weight excluding hydrogens is 209 g/mol. The van der Waals surface area contributed by atoms with E-state index in [-0.39, 0.29) is 5.75 Å². The van der Waals surface area contributed by atoms with E-state index < -0.39 is 6.80 Å². The van der Waals surface area contributed by atoms with Gasteiger partial charge in [-0.2, -0.15) is 5.26 Å². The number of thiol groups is 1. The maximum absolute atomic E-state index is 10.7. The molecule has 0 bridgehead atoms. The third-order valence-corrected chi connectivity index (χ3v) is 1.90. The van der Waals surface area contributed by atoms with Crippen LogP contribution in [0.5, 0.6) is 5.75 Å². The molecule has 0 radical (unpaired) electrons. The lowest BCUT2D eigenvalue weighted by molar-refractivity contribution is 0.403. The van der Waals surface area contributed by atoms with Gasteiger partial charge >= 0.3 is 6.80 Å². The smallest absolute Gasteiger partial charge is 0.417 e. The summed E-state index contributed by atoms with van der Waals surface area (Å²) in [5, 5.41) is 8.45. The number of hydrogen-bond donors (Lipinski definition) is 2. The minimum absolute atomic E-state index is 0.208. The van der Waals surface area contributed by atoms with E-state index in [1.807, 2.05) is 6.07 Å². The Labute approximate surface area is 80.5 Å². The molecule has 0 aliphatic rings. The fourth-order valence-electron chi connectivity index (χ4n) is 0.728. The minimum atomic E-state index is -3.80. The van der Waals surface area contributed by atoms with Crippen molar-refractivity contribution in [3.05, 3.63) is 29.8 Å². The lowest BCUT2D eigenvalue weighted by atomic mass is 10.2. The molecule has 1 aromatic rings. The molecule has 1 unspecified atom stereocenters. The maximum atomic E-state index is 10.7. The van der Waals surface area contributed by atoms with Gasteiger partial charge in [0.2, 0.25) is 0 Å². The third-order valence-electron chi connectivity index (χ3n) is 1.21. The molecule has 1 rings (SSSR count). The second-order valence-electron chi connectivity index (χ2n) is 2.22. The number of hydrogen-bond acceptors (Lipinski definition) is 3. The Morgan fingerprint density at radius 2 is 2.00 bits per heavy atom. The van der Waals surface area contributed by atoms with Gasteiger partial charge in [0.25, 0.3) is 0 Å². The Morgan fingerprint density at radius 1 is 1.46 bits per heavy atom. The van der Waals surface area contributed by atoms with Crippen LogP contribution in [-0.4, -0.2) is 4.89 Å². The third kappa shape index (κ3) is 3.51. The molecule has 0 heterocycles. The lowest BCUT2D eigenvalue weighted by Gasteiger charge is -2.06. The van der Waals surface area contributed by atoms with Crippen molar-refractivity contribution < 1.29 is 14.0 Å². The zero-order chi connectivity index (χ0) is 9.90. The van der Waals surface area contributed by atoms with Crippen LogP contribution < -0.4 is 4.52 Å². The van der Waals surface area contributed by atoms with E-state index in [1.54, 1.807) is 0 Å². The van der Waals surface area contributed by atoms with Crippen LogP contribution in [0.3, 0.4) is 0 Å². The molecule has 1 atom stereocenters. The van der Waals surface area contributed by atoms with Crippen molar-refractivity contribution in [2.24, 2.45) is 0 Å². The number of rotatable bonds is 2. The van der Waals surface area contributed by atoms with Crippen LogP contribution in [-0.2, 0) is 4.57 Å². The summed E-state index contributed by atoms with van der Waals surface area (Å²) in [6.45, 7) is -3.80. The predicted octanol–water partition coefficient (Wildman–Crippen LogP) is 1.97. The van der Waals surface area contributed by atoms with Crippen LogP contribution in [0, 0.1) is 11.3 Å². The largest absolute Gasteiger partial charge is 0.434 e.